The van der Waals surface area contributed by atoms with Crippen LogP contribution in [0.2, 0.25) is 0 Å². The Labute approximate surface area is 112 Å². The second-order valence-electron chi connectivity index (χ2n) is 4.09. The molecule has 0 atom stereocenters. The van der Waals surface area contributed by atoms with Gasteiger partial charge < -0.3 is 0 Å². The van der Waals surface area contributed by atoms with E-state index in [0.29, 0.717) is 0 Å². The lowest BCUT2D eigenvalue weighted by molar-refractivity contribution is 1.64. The molecule has 0 aliphatic carbocycles. The molecule has 4 heteroatoms. The van der Waals surface area contributed by atoms with Crippen LogP contribution >= 0.6 is 23.1 Å². The average molecular weight is 268 g/mol. The molecular weight excluding hydrogens is 260 g/mol. The predicted molar refractivity (Wildman–Crippen MR) is 78.2 cm³/mol. The molecule has 0 bridgehead atoms. The number of nitrogens with zero attached hydrogens (tertiary/aromatic N) is 2. The lowest BCUT2D eigenvalue weighted by Gasteiger charge is -1.96. The Balaban J connectivity index is 2.04. The van der Waals surface area contributed by atoms with E-state index in [2.05, 4.69) is 45.1 Å². The second-order valence-corrected chi connectivity index (χ2v) is 5.70. The Kier molecular flexibility index (Phi) is 2.18. The van der Waals surface area contributed by atoms with Gasteiger partial charge in [-0.25, -0.2) is 0 Å². The summed E-state index contributed by atoms with van der Waals surface area (Å²) < 4.78 is 10.0. The average Bonchev–Trinajstić information content (AvgIpc) is 3.04. The van der Waals surface area contributed by atoms with E-state index in [0.717, 1.165) is 11.0 Å². The van der Waals surface area contributed by atoms with Gasteiger partial charge in [0.25, 0.3) is 0 Å². The minimum Gasteiger partial charge on any atom is -0.173 e. The highest BCUT2D eigenvalue weighted by molar-refractivity contribution is 7.22. The van der Waals surface area contributed by atoms with E-state index in [4.69, 9.17) is 0 Å². The first kappa shape index (κ1) is 10.2. The molecule has 0 fully saturated rings. The first-order valence-electron chi connectivity index (χ1n) is 5.62. The zero-order chi connectivity index (χ0) is 11.9. The van der Waals surface area contributed by atoms with E-state index in [1.165, 1.54) is 32.3 Å². The van der Waals surface area contributed by atoms with Crippen LogP contribution in [-0.4, -0.2) is 8.75 Å². The van der Waals surface area contributed by atoms with E-state index < -0.39 is 0 Å². The van der Waals surface area contributed by atoms with Crippen LogP contribution in [0, 0.1) is 0 Å². The zero-order valence-electron chi connectivity index (χ0n) is 9.33. The number of hydrogen-bond acceptors (Lipinski definition) is 4. The van der Waals surface area contributed by atoms with E-state index >= 15 is 0 Å². The van der Waals surface area contributed by atoms with Gasteiger partial charge in [0.2, 0.25) is 0 Å². The molecule has 0 N–H and O–H groups in total. The van der Waals surface area contributed by atoms with Crippen molar-refractivity contribution in [3.63, 3.8) is 0 Å². The van der Waals surface area contributed by atoms with Gasteiger partial charge >= 0.3 is 0 Å². The molecule has 4 rings (SSSR count). The Morgan fingerprint density at radius 3 is 2.78 bits per heavy atom. The molecule has 2 heterocycles. The van der Waals surface area contributed by atoms with Crippen molar-refractivity contribution in [1.29, 1.82) is 0 Å². The molecule has 18 heavy (non-hydrogen) atoms. The monoisotopic (exact) mass is 268 g/mol. The van der Waals surface area contributed by atoms with Crippen molar-refractivity contribution in [2.45, 2.75) is 0 Å². The largest absolute Gasteiger partial charge is 0.173 e. The van der Waals surface area contributed by atoms with Crippen LogP contribution in [0.25, 0.3) is 31.6 Å². The molecule has 0 amide bonds. The van der Waals surface area contributed by atoms with Gasteiger partial charge in [-0.1, -0.05) is 30.3 Å². The molecule has 2 aromatic heterocycles. The number of thiophene rings is 1. The van der Waals surface area contributed by atoms with Crippen LogP contribution in [-0.2, 0) is 0 Å². The van der Waals surface area contributed by atoms with Crippen molar-refractivity contribution in [3.05, 3.63) is 48.5 Å². The third kappa shape index (κ3) is 1.46. The predicted octanol–water partition coefficient (Wildman–Crippen LogP) is 4.57. The third-order valence-electron chi connectivity index (χ3n) is 2.98. The van der Waals surface area contributed by atoms with Gasteiger partial charge in [0, 0.05) is 15.1 Å². The SMILES string of the molecule is c1ccc2sc(-c3cccc4nsnc34)cc2c1. The minimum absolute atomic E-state index is 0.981. The molecule has 0 spiro atoms. The Bertz CT molecular complexity index is 812. The molecule has 0 saturated carbocycles. The lowest BCUT2D eigenvalue weighted by Crippen LogP contribution is -1.75. The fourth-order valence-electron chi connectivity index (χ4n) is 2.12. The highest BCUT2D eigenvalue weighted by atomic mass is 32.1. The maximum Gasteiger partial charge on any atom is 0.113 e. The van der Waals surface area contributed by atoms with Crippen LogP contribution in [0.15, 0.2) is 48.5 Å². The number of rotatable bonds is 1. The van der Waals surface area contributed by atoms with Gasteiger partial charge in [-0.3, -0.25) is 0 Å². The van der Waals surface area contributed by atoms with Crippen molar-refractivity contribution < 1.29 is 0 Å². The molecular formula is C14H8N2S2. The standard InChI is InChI=1S/C14H8N2S2/c1-2-7-12-9(4-1)8-13(17-12)10-5-3-6-11-14(10)16-18-15-11/h1-8H. The van der Waals surface area contributed by atoms with Crippen molar-refractivity contribution in [1.82, 2.24) is 8.75 Å². The van der Waals surface area contributed by atoms with E-state index in [1.807, 2.05) is 12.1 Å². The summed E-state index contributed by atoms with van der Waals surface area (Å²) in [6.45, 7) is 0. The van der Waals surface area contributed by atoms with E-state index in [1.54, 1.807) is 11.3 Å². The fourth-order valence-corrected chi connectivity index (χ4v) is 3.76. The maximum absolute atomic E-state index is 4.40. The van der Waals surface area contributed by atoms with E-state index in [9.17, 15) is 0 Å². The first-order chi connectivity index (χ1) is 8.92. The number of fused-ring (bicyclic) bond motifs is 2. The summed E-state index contributed by atoms with van der Waals surface area (Å²) >= 11 is 3.08. The molecule has 0 aliphatic heterocycles. The van der Waals surface area contributed by atoms with Gasteiger partial charge in [0.05, 0.1) is 11.7 Å². The van der Waals surface area contributed by atoms with Crippen LogP contribution in [0.1, 0.15) is 0 Å². The molecule has 0 saturated heterocycles. The van der Waals surface area contributed by atoms with Gasteiger partial charge in [-0.15, -0.1) is 11.3 Å². The summed E-state index contributed by atoms with van der Waals surface area (Å²) in [4.78, 5) is 1.26. The van der Waals surface area contributed by atoms with Gasteiger partial charge in [-0.05, 0) is 23.6 Å². The quantitative estimate of drug-likeness (QED) is 0.505. The molecule has 4 aromatic rings. The Morgan fingerprint density at radius 1 is 0.889 bits per heavy atom. The summed E-state index contributed by atoms with van der Waals surface area (Å²) in [6, 6.07) is 16.9. The molecule has 0 radical (unpaired) electrons. The topological polar surface area (TPSA) is 25.8 Å². The Hall–Kier alpha value is -1.78. The van der Waals surface area contributed by atoms with Gasteiger partial charge in [0.15, 0.2) is 0 Å². The fraction of sp³-hybridized carbons (Fsp3) is 0. The van der Waals surface area contributed by atoms with Crippen LogP contribution in [0.3, 0.4) is 0 Å². The summed E-state index contributed by atoms with van der Waals surface area (Å²) in [5.41, 5.74) is 3.17. The lowest BCUT2D eigenvalue weighted by atomic mass is 10.1. The van der Waals surface area contributed by atoms with Crippen LogP contribution in [0.5, 0.6) is 0 Å². The smallest absolute Gasteiger partial charge is 0.113 e. The Morgan fingerprint density at radius 2 is 1.83 bits per heavy atom. The molecule has 86 valence electrons. The highest BCUT2D eigenvalue weighted by Crippen LogP contribution is 2.36. The van der Waals surface area contributed by atoms with Gasteiger partial charge in [0.1, 0.15) is 11.0 Å². The number of benzene rings is 2. The molecule has 2 nitrogen and oxygen atoms in total. The van der Waals surface area contributed by atoms with Crippen molar-refractivity contribution in [2.24, 2.45) is 0 Å². The zero-order valence-corrected chi connectivity index (χ0v) is 11.0. The third-order valence-corrected chi connectivity index (χ3v) is 4.67. The second kappa shape index (κ2) is 3.86. The summed E-state index contributed by atoms with van der Waals surface area (Å²) in [5.74, 6) is 0. The normalized spacial score (nSPS) is 11.3. The summed E-state index contributed by atoms with van der Waals surface area (Å²) in [5, 5.41) is 1.29. The molecule has 0 aliphatic rings. The van der Waals surface area contributed by atoms with Crippen LogP contribution < -0.4 is 0 Å². The molecule has 2 aromatic carbocycles. The highest BCUT2D eigenvalue weighted by Gasteiger charge is 2.09. The van der Waals surface area contributed by atoms with Crippen LogP contribution in [0.4, 0.5) is 0 Å². The number of aromatic nitrogens is 2. The van der Waals surface area contributed by atoms with Crippen molar-refractivity contribution >= 4 is 44.2 Å². The number of hydrogen-bond donors (Lipinski definition) is 0. The van der Waals surface area contributed by atoms with Crippen molar-refractivity contribution in [2.75, 3.05) is 0 Å². The molecule has 0 unspecified atom stereocenters. The summed E-state index contributed by atoms with van der Waals surface area (Å²) in [6.07, 6.45) is 0. The summed E-state index contributed by atoms with van der Waals surface area (Å²) in [7, 11) is 0. The van der Waals surface area contributed by atoms with Gasteiger partial charge in [-0.2, -0.15) is 8.75 Å². The maximum atomic E-state index is 4.40. The minimum atomic E-state index is 0.981. The van der Waals surface area contributed by atoms with E-state index in [-0.39, 0.29) is 0 Å². The van der Waals surface area contributed by atoms with Crippen molar-refractivity contribution in [3.8, 4) is 10.4 Å². The first-order valence-corrected chi connectivity index (χ1v) is 7.17.